The molecule has 0 saturated carbocycles. The molecule has 0 aliphatic rings. The number of benzene rings is 3. The minimum Gasteiger partial charge on any atom is -0.508 e. The second-order valence-corrected chi connectivity index (χ2v) is 5.69. The second kappa shape index (κ2) is 6.05. The maximum absolute atomic E-state index is 9.31. The third kappa shape index (κ3) is 2.92. The fourth-order valence-corrected chi connectivity index (χ4v) is 2.69. The summed E-state index contributed by atoms with van der Waals surface area (Å²) in [6.45, 7) is 0. The Morgan fingerprint density at radius 3 is 2.42 bits per heavy atom. The first kappa shape index (κ1) is 14.3. The third-order valence-electron chi connectivity index (χ3n) is 4.00. The topological polar surface area (TPSA) is 48.9 Å². The van der Waals surface area contributed by atoms with Gasteiger partial charge in [0.05, 0.1) is 11.4 Å². The van der Waals surface area contributed by atoms with E-state index in [0.717, 1.165) is 22.5 Å². The Balaban J connectivity index is 1.60. The highest BCUT2D eigenvalue weighted by atomic mass is 16.3. The van der Waals surface area contributed by atoms with Crippen LogP contribution in [0, 0.1) is 0 Å². The summed E-state index contributed by atoms with van der Waals surface area (Å²) in [5.74, 6) is 0.269. The van der Waals surface area contributed by atoms with Crippen LogP contribution in [0.2, 0.25) is 0 Å². The number of phenols is 1. The van der Waals surface area contributed by atoms with Crippen LogP contribution in [0.3, 0.4) is 0 Å². The van der Waals surface area contributed by atoms with Gasteiger partial charge in [-0.15, -0.1) is 0 Å². The van der Waals surface area contributed by atoms with Crippen molar-refractivity contribution in [2.24, 2.45) is 0 Å². The first-order valence-corrected chi connectivity index (χ1v) is 7.80. The highest BCUT2D eigenvalue weighted by Crippen LogP contribution is 2.24. The number of nitrogens with one attached hydrogen (secondary N) is 1. The van der Waals surface area contributed by atoms with Gasteiger partial charge in [0.15, 0.2) is 0 Å². The highest BCUT2D eigenvalue weighted by molar-refractivity contribution is 5.87. The summed E-state index contributed by atoms with van der Waals surface area (Å²) < 4.78 is 0. The van der Waals surface area contributed by atoms with Crippen LogP contribution in [0.5, 0.6) is 5.75 Å². The number of fused-ring (bicyclic) bond motifs is 1. The van der Waals surface area contributed by atoms with Crippen molar-refractivity contribution >= 4 is 22.9 Å². The van der Waals surface area contributed by atoms with Crippen molar-refractivity contribution in [3.05, 3.63) is 84.1 Å². The summed E-state index contributed by atoms with van der Waals surface area (Å²) in [7, 11) is 0. The number of phenolic OH excluding ortho intramolecular Hbond substituents is 1. The summed E-state index contributed by atoms with van der Waals surface area (Å²) in [5.41, 5.74) is 3.99. The van der Waals surface area contributed by atoms with Crippen LogP contribution in [0.1, 0.15) is 11.3 Å². The molecule has 0 saturated heterocycles. The van der Waals surface area contributed by atoms with E-state index in [9.17, 15) is 5.11 Å². The average Bonchev–Trinajstić information content (AvgIpc) is 3.10. The molecular weight excluding hydrogens is 296 g/mol. The summed E-state index contributed by atoms with van der Waals surface area (Å²) in [6, 6.07) is 23.8. The molecule has 2 N–H and O–H groups in total. The molecule has 0 amide bonds. The van der Waals surface area contributed by atoms with Crippen molar-refractivity contribution in [1.29, 1.82) is 0 Å². The molecule has 4 rings (SSSR count). The van der Waals surface area contributed by atoms with E-state index in [0.29, 0.717) is 0 Å². The molecule has 4 aromatic rings. The van der Waals surface area contributed by atoms with Crippen LogP contribution < -0.4 is 0 Å². The molecule has 0 aliphatic heterocycles. The van der Waals surface area contributed by atoms with Crippen LogP contribution in [0.25, 0.3) is 34.2 Å². The van der Waals surface area contributed by atoms with Gasteiger partial charge in [0.2, 0.25) is 0 Å². The molecule has 0 radical (unpaired) electrons. The van der Waals surface area contributed by atoms with E-state index in [2.05, 4.69) is 40.5 Å². The molecule has 24 heavy (non-hydrogen) atoms. The summed E-state index contributed by atoms with van der Waals surface area (Å²) in [4.78, 5) is 0. The molecule has 0 spiro atoms. The maximum atomic E-state index is 9.31. The Hall–Kier alpha value is -3.33. The molecule has 1 aromatic heterocycles. The zero-order chi connectivity index (χ0) is 16.4. The minimum absolute atomic E-state index is 0.269. The van der Waals surface area contributed by atoms with Gasteiger partial charge in [-0.2, -0.15) is 5.10 Å². The van der Waals surface area contributed by atoms with Gasteiger partial charge in [-0.25, -0.2) is 0 Å². The van der Waals surface area contributed by atoms with E-state index in [1.165, 1.54) is 10.8 Å². The van der Waals surface area contributed by atoms with E-state index >= 15 is 0 Å². The number of hydrogen-bond donors (Lipinski definition) is 2. The lowest BCUT2D eigenvalue weighted by Gasteiger charge is -2.00. The number of rotatable bonds is 3. The summed E-state index contributed by atoms with van der Waals surface area (Å²) in [5, 5.41) is 19.2. The smallest absolute Gasteiger partial charge is 0.115 e. The maximum Gasteiger partial charge on any atom is 0.115 e. The van der Waals surface area contributed by atoms with Crippen molar-refractivity contribution in [3.63, 3.8) is 0 Å². The van der Waals surface area contributed by atoms with Gasteiger partial charge in [-0.1, -0.05) is 54.6 Å². The monoisotopic (exact) mass is 312 g/mol. The number of H-pyrrole nitrogens is 1. The van der Waals surface area contributed by atoms with Crippen molar-refractivity contribution < 1.29 is 5.11 Å². The van der Waals surface area contributed by atoms with Gasteiger partial charge in [-0.05, 0) is 46.7 Å². The zero-order valence-electron chi connectivity index (χ0n) is 13.0. The lowest BCUT2D eigenvalue weighted by Crippen LogP contribution is -1.78. The molecule has 3 heteroatoms. The normalized spacial score (nSPS) is 11.3. The Morgan fingerprint density at radius 1 is 0.792 bits per heavy atom. The van der Waals surface area contributed by atoms with E-state index in [4.69, 9.17) is 0 Å². The van der Waals surface area contributed by atoms with Crippen molar-refractivity contribution in [2.45, 2.75) is 0 Å². The first-order chi connectivity index (χ1) is 11.8. The number of aromatic nitrogens is 2. The quantitative estimate of drug-likeness (QED) is 0.552. The Morgan fingerprint density at radius 2 is 1.58 bits per heavy atom. The van der Waals surface area contributed by atoms with Gasteiger partial charge in [0, 0.05) is 5.56 Å². The lowest BCUT2D eigenvalue weighted by molar-refractivity contribution is 0.475. The molecule has 3 nitrogen and oxygen atoms in total. The first-order valence-electron chi connectivity index (χ1n) is 7.80. The molecule has 0 aliphatic carbocycles. The van der Waals surface area contributed by atoms with Crippen LogP contribution in [0.15, 0.2) is 72.8 Å². The van der Waals surface area contributed by atoms with Crippen LogP contribution in [0.4, 0.5) is 0 Å². The predicted octanol–water partition coefficient (Wildman–Crippen LogP) is 5.11. The zero-order valence-corrected chi connectivity index (χ0v) is 13.0. The van der Waals surface area contributed by atoms with Crippen molar-refractivity contribution in [1.82, 2.24) is 10.2 Å². The average molecular weight is 312 g/mol. The number of aromatic hydroxyl groups is 1. The lowest BCUT2D eigenvalue weighted by atomic mass is 10.1. The minimum atomic E-state index is 0.269. The molecule has 3 aromatic carbocycles. The Labute approximate surface area is 139 Å². The fraction of sp³-hybridized carbons (Fsp3) is 0. The molecule has 0 fully saturated rings. The highest BCUT2D eigenvalue weighted by Gasteiger charge is 2.03. The standard InChI is InChI=1S/C21H16N2O/c24-20-11-6-15(7-12-20)5-10-19-14-21(23-22-19)18-9-8-16-3-1-2-4-17(16)13-18/h1-14,24H,(H,22,23). The van der Waals surface area contributed by atoms with Gasteiger partial charge < -0.3 is 5.11 Å². The largest absolute Gasteiger partial charge is 0.508 e. The van der Waals surface area contributed by atoms with E-state index in [1.54, 1.807) is 12.1 Å². The summed E-state index contributed by atoms with van der Waals surface area (Å²) >= 11 is 0. The molecule has 0 unspecified atom stereocenters. The number of aromatic amines is 1. The van der Waals surface area contributed by atoms with E-state index in [1.807, 2.05) is 42.5 Å². The molecular formula is C21H16N2O. The predicted molar refractivity (Wildman–Crippen MR) is 98.6 cm³/mol. The molecule has 116 valence electrons. The fourth-order valence-electron chi connectivity index (χ4n) is 2.69. The van der Waals surface area contributed by atoms with Crippen LogP contribution in [-0.2, 0) is 0 Å². The molecule has 0 bridgehead atoms. The summed E-state index contributed by atoms with van der Waals surface area (Å²) in [6.07, 6.45) is 3.92. The second-order valence-electron chi connectivity index (χ2n) is 5.69. The molecule has 0 atom stereocenters. The van der Waals surface area contributed by atoms with Crippen molar-refractivity contribution in [2.75, 3.05) is 0 Å². The van der Waals surface area contributed by atoms with Gasteiger partial charge in [0.1, 0.15) is 5.75 Å². The number of hydrogen-bond acceptors (Lipinski definition) is 2. The SMILES string of the molecule is Oc1ccc(C=Cc2cc(-c3ccc4ccccc4c3)[nH]n2)cc1. The number of nitrogens with zero attached hydrogens (tertiary/aromatic N) is 1. The van der Waals surface area contributed by atoms with Gasteiger partial charge in [0.25, 0.3) is 0 Å². The van der Waals surface area contributed by atoms with Crippen molar-refractivity contribution in [3.8, 4) is 17.0 Å². The Kier molecular flexibility index (Phi) is 3.60. The van der Waals surface area contributed by atoms with Gasteiger partial charge >= 0.3 is 0 Å². The van der Waals surface area contributed by atoms with E-state index < -0.39 is 0 Å². The van der Waals surface area contributed by atoms with Crippen LogP contribution in [-0.4, -0.2) is 15.3 Å². The Bertz CT molecular complexity index is 1010. The van der Waals surface area contributed by atoms with Crippen LogP contribution >= 0.6 is 0 Å². The van der Waals surface area contributed by atoms with E-state index in [-0.39, 0.29) is 5.75 Å². The third-order valence-corrected chi connectivity index (χ3v) is 4.00. The molecule has 1 heterocycles. The van der Waals surface area contributed by atoms with Gasteiger partial charge in [-0.3, -0.25) is 5.10 Å².